The van der Waals surface area contributed by atoms with E-state index in [0.717, 1.165) is 55.4 Å². The summed E-state index contributed by atoms with van der Waals surface area (Å²) in [5.41, 5.74) is 2.62. The van der Waals surface area contributed by atoms with Gasteiger partial charge in [-0.2, -0.15) is 0 Å². The highest BCUT2D eigenvalue weighted by Gasteiger charge is 2.48. The predicted octanol–water partition coefficient (Wildman–Crippen LogP) is 5.78. The fourth-order valence-corrected chi connectivity index (χ4v) is 6.28. The highest BCUT2D eigenvalue weighted by atomic mass is 19.1. The van der Waals surface area contributed by atoms with E-state index in [0.29, 0.717) is 18.1 Å². The predicted molar refractivity (Wildman–Crippen MR) is 151 cm³/mol. The maximum atomic E-state index is 14.0. The van der Waals surface area contributed by atoms with Crippen LogP contribution >= 0.6 is 0 Å². The van der Waals surface area contributed by atoms with Crippen LogP contribution in [0.15, 0.2) is 48.2 Å². The van der Waals surface area contributed by atoms with E-state index in [1.165, 1.54) is 12.1 Å². The number of nitrogens with zero attached hydrogens (tertiary/aromatic N) is 3. The Morgan fingerprint density at radius 3 is 2.60 bits per heavy atom. The van der Waals surface area contributed by atoms with Gasteiger partial charge in [-0.05, 0) is 75.3 Å². The van der Waals surface area contributed by atoms with Gasteiger partial charge in [0.05, 0.1) is 37.9 Å². The van der Waals surface area contributed by atoms with Gasteiger partial charge in [0, 0.05) is 35.9 Å². The first kappa shape index (κ1) is 28.2. The Morgan fingerprint density at radius 1 is 1.17 bits per heavy atom. The van der Waals surface area contributed by atoms with Gasteiger partial charge in [-0.1, -0.05) is 6.08 Å². The van der Waals surface area contributed by atoms with Crippen molar-refractivity contribution < 1.29 is 32.6 Å². The first-order valence-electron chi connectivity index (χ1n) is 14.6. The third kappa shape index (κ3) is 5.34. The van der Waals surface area contributed by atoms with Gasteiger partial charge in [-0.3, -0.25) is 9.69 Å². The number of rotatable bonds is 9. The SMILES string of the molecule is CCOC(=O)[C@H]1C[C@@H]1C1C=C(c2ccc(N3CCC3)nc2CN2C(=O)O[C@H](c3cc(F)cc(F)c3)[C@@H]2C)C(OC)=CC1. The quantitative estimate of drug-likeness (QED) is 0.348. The summed E-state index contributed by atoms with van der Waals surface area (Å²) >= 11 is 0. The van der Waals surface area contributed by atoms with Crippen LogP contribution < -0.4 is 4.90 Å². The van der Waals surface area contributed by atoms with Crippen LogP contribution in [0.25, 0.3) is 5.57 Å². The Labute approximate surface area is 243 Å². The van der Waals surface area contributed by atoms with Crippen molar-refractivity contribution in [2.45, 2.75) is 51.8 Å². The normalized spacial score (nSPS) is 26.7. The molecule has 8 nitrogen and oxygen atoms in total. The van der Waals surface area contributed by atoms with Gasteiger partial charge in [0.25, 0.3) is 0 Å². The van der Waals surface area contributed by atoms with Crippen LogP contribution in [-0.4, -0.2) is 54.8 Å². The minimum atomic E-state index is -0.827. The number of aromatic nitrogens is 1. The second-order valence-corrected chi connectivity index (χ2v) is 11.4. The number of carbonyl (C=O) groups is 2. The number of carbonyl (C=O) groups excluding carboxylic acids is 2. The van der Waals surface area contributed by atoms with E-state index in [4.69, 9.17) is 19.2 Å². The molecule has 2 aliphatic heterocycles. The molecule has 2 saturated heterocycles. The zero-order chi connectivity index (χ0) is 29.5. The molecule has 1 amide bonds. The number of anilines is 1. The number of ether oxygens (including phenoxy) is 3. The van der Waals surface area contributed by atoms with Crippen molar-refractivity contribution in [3.8, 4) is 0 Å². The van der Waals surface area contributed by atoms with Crippen LogP contribution in [0.4, 0.5) is 19.4 Å². The number of benzene rings is 1. The molecule has 0 bridgehead atoms. The summed E-state index contributed by atoms with van der Waals surface area (Å²) in [6.07, 6.45) is 5.45. The van der Waals surface area contributed by atoms with Gasteiger partial charge < -0.3 is 19.1 Å². The van der Waals surface area contributed by atoms with Crippen molar-refractivity contribution in [1.82, 2.24) is 9.88 Å². The Bertz CT molecular complexity index is 1440. The zero-order valence-corrected chi connectivity index (χ0v) is 24.0. The number of halogens is 2. The van der Waals surface area contributed by atoms with E-state index in [1.54, 1.807) is 18.9 Å². The largest absolute Gasteiger partial charge is 0.496 e. The molecule has 10 heteroatoms. The van der Waals surface area contributed by atoms with Gasteiger partial charge >= 0.3 is 12.1 Å². The van der Waals surface area contributed by atoms with Crippen LogP contribution in [0.1, 0.15) is 56.0 Å². The number of hydrogen-bond donors (Lipinski definition) is 0. The summed E-state index contributed by atoms with van der Waals surface area (Å²) in [6.45, 7) is 5.94. The van der Waals surface area contributed by atoms with Crippen LogP contribution in [0.2, 0.25) is 0 Å². The monoisotopic (exact) mass is 579 g/mol. The number of cyclic esters (lactones) is 1. The molecule has 0 N–H and O–H groups in total. The number of amides is 1. The smallest absolute Gasteiger partial charge is 0.411 e. The summed E-state index contributed by atoms with van der Waals surface area (Å²) in [6, 6.07) is 6.68. The van der Waals surface area contributed by atoms with Crippen LogP contribution in [-0.2, 0) is 25.5 Å². The topological polar surface area (TPSA) is 81.2 Å². The number of pyridine rings is 1. The highest BCUT2D eigenvalue weighted by Crippen LogP contribution is 2.50. The fraction of sp³-hybridized carbons (Fsp3) is 0.469. The second-order valence-electron chi connectivity index (χ2n) is 11.4. The van der Waals surface area contributed by atoms with E-state index >= 15 is 0 Å². The molecular formula is C32H35F2N3O5. The molecule has 1 saturated carbocycles. The summed E-state index contributed by atoms with van der Waals surface area (Å²) in [5.74, 6) is 0.183. The zero-order valence-electron chi connectivity index (χ0n) is 24.0. The molecule has 6 rings (SSSR count). The summed E-state index contributed by atoms with van der Waals surface area (Å²) in [4.78, 5) is 34.2. The molecule has 0 radical (unpaired) electrons. The van der Waals surface area contributed by atoms with Crippen molar-refractivity contribution in [1.29, 1.82) is 0 Å². The van der Waals surface area contributed by atoms with Crippen molar-refractivity contribution in [3.05, 3.63) is 76.7 Å². The molecule has 5 atom stereocenters. The molecule has 42 heavy (non-hydrogen) atoms. The molecule has 4 aliphatic rings. The Morgan fingerprint density at radius 2 is 1.93 bits per heavy atom. The fourth-order valence-electron chi connectivity index (χ4n) is 6.28. The highest BCUT2D eigenvalue weighted by molar-refractivity contribution is 5.81. The third-order valence-electron chi connectivity index (χ3n) is 8.78. The number of methoxy groups -OCH3 is 1. The van der Waals surface area contributed by atoms with Crippen molar-refractivity contribution >= 4 is 23.5 Å². The van der Waals surface area contributed by atoms with Crippen LogP contribution in [0.5, 0.6) is 0 Å². The molecule has 222 valence electrons. The third-order valence-corrected chi connectivity index (χ3v) is 8.78. The number of allylic oxidation sites excluding steroid dienone is 3. The van der Waals surface area contributed by atoms with Crippen molar-refractivity contribution in [2.75, 3.05) is 31.7 Å². The van der Waals surface area contributed by atoms with Gasteiger partial charge in [-0.25, -0.2) is 18.6 Å². The van der Waals surface area contributed by atoms with E-state index in [-0.39, 0.29) is 35.8 Å². The average Bonchev–Trinajstić information content (AvgIpc) is 3.69. The van der Waals surface area contributed by atoms with E-state index in [2.05, 4.69) is 17.1 Å². The molecule has 2 aliphatic carbocycles. The Balaban J connectivity index is 1.32. The Kier molecular flexibility index (Phi) is 7.64. The van der Waals surface area contributed by atoms with Gasteiger partial charge in [0.2, 0.25) is 0 Å². The lowest BCUT2D eigenvalue weighted by Crippen LogP contribution is -2.38. The van der Waals surface area contributed by atoms with E-state index < -0.39 is 29.9 Å². The molecule has 1 unspecified atom stereocenters. The number of hydrogen-bond acceptors (Lipinski definition) is 7. The molecule has 1 aromatic heterocycles. The van der Waals surface area contributed by atoms with Gasteiger partial charge in [0.1, 0.15) is 29.3 Å². The molecular weight excluding hydrogens is 544 g/mol. The molecule has 3 heterocycles. The lowest BCUT2D eigenvalue weighted by molar-refractivity contribution is -0.145. The maximum absolute atomic E-state index is 14.0. The maximum Gasteiger partial charge on any atom is 0.411 e. The average molecular weight is 580 g/mol. The standard InChI is InChI=1S/C32H35F2N3O5/c1-4-41-31(38)26-16-24(26)19-6-8-28(40-3)25(14-19)23-7-9-29(36-10-5-11-36)35-27(23)17-37-18(2)30(42-32(37)39)20-12-21(33)15-22(34)13-20/h7-9,12-15,18-19,24,26,30H,4-6,10-11,16-17H2,1-3H3/t18-,19?,24+,26-,30-/m0/s1. The lowest BCUT2D eigenvalue weighted by Gasteiger charge is -2.33. The van der Waals surface area contributed by atoms with Gasteiger partial charge in [-0.15, -0.1) is 0 Å². The minimum Gasteiger partial charge on any atom is -0.496 e. The molecule has 1 aromatic carbocycles. The first-order chi connectivity index (χ1) is 20.3. The summed E-state index contributed by atoms with van der Waals surface area (Å²) < 4.78 is 44.6. The van der Waals surface area contributed by atoms with E-state index in [9.17, 15) is 18.4 Å². The molecule has 2 aromatic rings. The molecule has 3 fully saturated rings. The Hall–Kier alpha value is -3.95. The summed E-state index contributed by atoms with van der Waals surface area (Å²) in [5, 5.41) is 0. The minimum absolute atomic E-state index is 0.0962. The van der Waals surface area contributed by atoms with Crippen molar-refractivity contribution in [3.63, 3.8) is 0 Å². The second kappa shape index (κ2) is 11.4. The van der Waals surface area contributed by atoms with Gasteiger partial charge in [0.15, 0.2) is 0 Å². The van der Waals surface area contributed by atoms with Crippen LogP contribution in [0.3, 0.4) is 0 Å². The van der Waals surface area contributed by atoms with Crippen molar-refractivity contribution in [2.24, 2.45) is 17.8 Å². The lowest BCUT2D eigenvalue weighted by atomic mass is 9.86. The molecule has 0 spiro atoms. The number of esters is 1. The summed E-state index contributed by atoms with van der Waals surface area (Å²) in [7, 11) is 1.63. The van der Waals surface area contributed by atoms with E-state index in [1.807, 2.05) is 19.1 Å². The van der Waals surface area contributed by atoms with Crippen LogP contribution in [0, 0.1) is 29.4 Å². The first-order valence-corrected chi connectivity index (χ1v) is 14.6.